The van der Waals surface area contributed by atoms with Crippen LogP contribution in [0.5, 0.6) is 5.75 Å². The van der Waals surface area contributed by atoms with Gasteiger partial charge in [-0.2, -0.15) is 0 Å². The number of hydrogen-bond acceptors (Lipinski definition) is 3. The third kappa shape index (κ3) is 6.18. The van der Waals surface area contributed by atoms with Gasteiger partial charge in [0.15, 0.2) is 0 Å². The van der Waals surface area contributed by atoms with Gasteiger partial charge in [0.05, 0.1) is 12.2 Å². The molecule has 2 aliphatic rings. The summed E-state index contributed by atoms with van der Waals surface area (Å²) >= 11 is 12.9. The molecule has 3 aromatic rings. The fourth-order valence-electron chi connectivity index (χ4n) is 5.23. The number of halogens is 4. The largest absolute Gasteiger partial charge is 0.488 e. The lowest BCUT2D eigenvalue weighted by Crippen LogP contribution is -2.53. The smallest absolute Gasteiger partial charge is 0.335 e. The van der Waals surface area contributed by atoms with E-state index in [0.29, 0.717) is 16.5 Å². The number of fused-ring (bicyclic) bond motifs is 1. The van der Waals surface area contributed by atoms with E-state index < -0.39 is 5.97 Å². The zero-order valence-corrected chi connectivity index (χ0v) is 23.1. The van der Waals surface area contributed by atoms with E-state index in [9.17, 15) is 14.3 Å². The van der Waals surface area contributed by atoms with Gasteiger partial charge in [-0.25, -0.2) is 4.79 Å². The average Bonchev–Trinajstić information content (AvgIpc) is 3.04. The minimum atomic E-state index is -0.935. The molecular weight excluding hydrogens is 548 g/mol. The molecule has 1 saturated heterocycles. The van der Waals surface area contributed by atoms with Crippen LogP contribution in [0.4, 0.5) is 4.39 Å². The van der Waals surface area contributed by atoms with E-state index in [-0.39, 0.29) is 30.7 Å². The molecule has 0 amide bonds. The number of carboxylic acids is 1. The van der Waals surface area contributed by atoms with E-state index in [1.807, 2.05) is 36.4 Å². The summed E-state index contributed by atoms with van der Waals surface area (Å²) < 4.78 is 18.7. The molecule has 38 heavy (non-hydrogen) atoms. The molecular formula is C30H29Cl3FNO3. The maximum Gasteiger partial charge on any atom is 0.335 e. The maximum absolute atomic E-state index is 12.5. The standard InChI is InChI=1S/C30H28Cl2FNO3.ClH/c31-22-9-11-26(28(32)16-22)27-7-2-4-19-14-21(30(35)36)8-10-25(19)29(27)20-5-1-6-23(15-20)37-24-17-34(18-24)13-3-12-33;/h1,5-6,8-11,14-16,24H,2-4,7,12-13,17-18H2,(H,35,36);1H. The first-order chi connectivity index (χ1) is 17.9. The van der Waals surface area contributed by atoms with Crippen molar-refractivity contribution in [2.45, 2.75) is 31.8 Å². The molecule has 1 N–H and O–H groups in total. The fraction of sp³-hybridized carbons (Fsp3) is 0.300. The van der Waals surface area contributed by atoms with E-state index in [0.717, 1.165) is 78.0 Å². The molecule has 0 saturated carbocycles. The van der Waals surface area contributed by atoms with Crippen LogP contribution in [0.25, 0.3) is 11.1 Å². The summed E-state index contributed by atoms with van der Waals surface area (Å²) in [4.78, 5) is 13.9. The SMILES string of the molecule is Cl.O=C(O)c1ccc2c(c1)CCCC(c1ccc(Cl)cc1Cl)=C2c1cccc(OC2CN(CCCF)C2)c1. The molecule has 3 aromatic carbocycles. The second kappa shape index (κ2) is 12.5. The van der Waals surface area contributed by atoms with Crippen LogP contribution < -0.4 is 4.74 Å². The number of hydrogen-bond donors (Lipinski definition) is 1. The number of benzene rings is 3. The number of carboxylic acid groups (broad SMARTS) is 1. The summed E-state index contributed by atoms with van der Waals surface area (Å²) in [5.74, 6) is -0.162. The lowest BCUT2D eigenvalue weighted by atomic mass is 9.87. The first-order valence-electron chi connectivity index (χ1n) is 12.5. The zero-order valence-electron chi connectivity index (χ0n) is 20.8. The molecule has 4 nitrogen and oxygen atoms in total. The van der Waals surface area contributed by atoms with Gasteiger partial charge in [-0.05, 0) is 95.5 Å². The van der Waals surface area contributed by atoms with E-state index in [4.69, 9.17) is 27.9 Å². The van der Waals surface area contributed by atoms with Crippen LogP contribution in [0.3, 0.4) is 0 Å². The summed E-state index contributed by atoms with van der Waals surface area (Å²) in [6, 6.07) is 18.9. The van der Waals surface area contributed by atoms with Crippen LogP contribution in [-0.4, -0.2) is 48.4 Å². The van der Waals surface area contributed by atoms with Crippen molar-refractivity contribution >= 4 is 52.7 Å². The highest BCUT2D eigenvalue weighted by molar-refractivity contribution is 6.36. The molecule has 8 heteroatoms. The molecule has 0 spiro atoms. The van der Waals surface area contributed by atoms with Crippen molar-refractivity contribution in [1.82, 2.24) is 4.90 Å². The number of aryl methyl sites for hydroxylation is 1. The van der Waals surface area contributed by atoms with Crippen LogP contribution in [-0.2, 0) is 6.42 Å². The Kier molecular flexibility index (Phi) is 9.37. The second-order valence-corrected chi connectivity index (χ2v) is 10.4. The second-order valence-electron chi connectivity index (χ2n) is 9.58. The number of aromatic carboxylic acids is 1. The van der Waals surface area contributed by atoms with Crippen molar-refractivity contribution in [3.8, 4) is 5.75 Å². The summed E-state index contributed by atoms with van der Waals surface area (Å²) in [5, 5.41) is 10.7. The Morgan fingerprint density at radius 1 is 1.03 bits per heavy atom. The molecule has 0 aromatic heterocycles. The Morgan fingerprint density at radius 3 is 2.55 bits per heavy atom. The van der Waals surface area contributed by atoms with E-state index in [2.05, 4.69) is 11.0 Å². The predicted octanol–water partition coefficient (Wildman–Crippen LogP) is 7.83. The summed E-state index contributed by atoms with van der Waals surface area (Å²) in [7, 11) is 0. The van der Waals surface area contributed by atoms with E-state index >= 15 is 0 Å². The van der Waals surface area contributed by atoms with Gasteiger partial charge >= 0.3 is 5.97 Å². The van der Waals surface area contributed by atoms with Gasteiger partial charge in [0.2, 0.25) is 0 Å². The third-order valence-corrected chi connectivity index (χ3v) is 7.56. The lowest BCUT2D eigenvalue weighted by molar-refractivity contribution is 0.0184. The van der Waals surface area contributed by atoms with Crippen molar-refractivity contribution in [3.63, 3.8) is 0 Å². The lowest BCUT2D eigenvalue weighted by Gasteiger charge is -2.38. The number of likely N-dealkylation sites (tertiary alicyclic amines) is 1. The molecule has 1 aliphatic carbocycles. The van der Waals surface area contributed by atoms with Crippen molar-refractivity contribution in [3.05, 3.63) is 98.5 Å². The highest BCUT2D eigenvalue weighted by Gasteiger charge is 2.28. The number of ether oxygens (including phenoxy) is 1. The summed E-state index contributed by atoms with van der Waals surface area (Å²) in [5.41, 5.74) is 6.32. The van der Waals surface area contributed by atoms with Crippen LogP contribution in [0, 0.1) is 0 Å². The Morgan fingerprint density at radius 2 is 1.82 bits per heavy atom. The molecule has 0 unspecified atom stereocenters. The number of rotatable bonds is 8. The monoisotopic (exact) mass is 575 g/mol. The number of carbonyl (C=O) groups is 1. The molecule has 1 fully saturated rings. The minimum absolute atomic E-state index is 0. The highest BCUT2D eigenvalue weighted by atomic mass is 35.5. The van der Waals surface area contributed by atoms with Crippen molar-refractivity contribution in [1.29, 1.82) is 0 Å². The van der Waals surface area contributed by atoms with Gasteiger partial charge in [0, 0.05) is 29.7 Å². The van der Waals surface area contributed by atoms with Crippen molar-refractivity contribution < 1.29 is 19.0 Å². The molecule has 0 atom stereocenters. The van der Waals surface area contributed by atoms with E-state index in [1.165, 1.54) is 0 Å². The first-order valence-corrected chi connectivity index (χ1v) is 13.3. The van der Waals surface area contributed by atoms with Gasteiger partial charge in [-0.1, -0.05) is 47.5 Å². The van der Waals surface area contributed by atoms with Gasteiger partial charge in [0.25, 0.3) is 0 Å². The van der Waals surface area contributed by atoms with Gasteiger partial charge < -0.3 is 9.84 Å². The molecule has 5 rings (SSSR count). The Balaban J connectivity index is 0.00000336. The normalized spacial score (nSPS) is 15.8. The van der Waals surface area contributed by atoms with Gasteiger partial charge in [-0.15, -0.1) is 12.4 Å². The first kappa shape index (κ1) is 28.4. The number of alkyl halides is 1. The predicted molar refractivity (Wildman–Crippen MR) is 154 cm³/mol. The number of nitrogens with zero attached hydrogens (tertiary/aromatic N) is 1. The van der Waals surface area contributed by atoms with E-state index in [1.54, 1.807) is 18.2 Å². The summed E-state index contributed by atoms with van der Waals surface area (Å²) in [6.45, 7) is 2.04. The Labute approximate surface area is 238 Å². The quantitative estimate of drug-likeness (QED) is 0.297. The molecule has 200 valence electrons. The average molecular weight is 577 g/mol. The van der Waals surface area contributed by atoms with Crippen LogP contribution >= 0.6 is 35.6 Å². The Bertz CT molecular complexity index is 1350. The molecule has 0 radical (unpaired) electrons. The molecule has 1 aliphatic heterocycles. The van der Waals surface area contributed by atoms with Crippen LogP contribution in [0.1, 0.15) is 51.9 Å². The van der Waals surface area contributed by atoms with Crippen molar-refractivity contribution in [2.24, 2.45) is 0 Å². The highest BCUT2D eigenvalue weighted by Crippen LogP contribution is 2.43. The molecule has 0 bridgehead atoms. The fourth-order valence-corrected chi connectivity index (χ4v) is 5.76. The third-order valence-electron chi connectivity index (χ3n) is 7.01. The zero-order chi connectivity index (χ0) is 25.9. The number of allylic oxidation sites excluding steroid dienone is 1. The van der Waals surface area contributed by atoms with Gasteiger partial charge in [0.1, 0.15) is 11.9 Å². The van der Waals surface area contributed by atoms with Crippen LogP contribution in [0.15, 0.2) is 60.7 Å². The van der Waals surface area contributed by atoms with Crippen molar-refractivity contribution in [2.75, 3.05) is 26.3 Å². The maximum atomic E-state index is 12.5. The topological polar surface area (TPSA) is 49.8 Å². The van der Waals surface area contributed by atoms with Gasteiger partial charge in [-0.3, -0.25) is 9.29 Å². The minimum Gasteiger partial charge on any atom is -0.488 e. The van der Waals surface area contributed by atoms with Crippen LogP contribution in [0.2, 0.25) is 10.0 Å². The summed E-state index contributed by atoms with van der Waals surface area (Å²) in [6.07, 6.45) is 3.04. The molecule has 1 heterocycles. The Hall–Kier alpha value is -2.57.